The lowest BCUT2D eigenvalue weighted by Crippen LogP contribution is -2.72. The summed E-state index contributed by atoms with van der Waals surface area (Å²) in [5, 5.41) is 8.09. The molecule has 0 radical (unpaired) electrons. The Hall–Kier alpha value is -3.88. The highest BCUT2D eigenvalue weighted by Crippen LogP contribution is 2.36. The van der Waals surface area contributed by atoms with Crippen molar-refractivity contribution < 1.29 is 4.42 Å². The molecule has 6 aromatic rings. The largest absolute Gasteiger partial charge is 0.456 e. The molecule has 0 fully saturated rings. The van der Waals surface area contributed by atoms with E-state index in [0.717, 1.165) is 11.2 Å². The molecule has 0 bridgehead atoms. The molecule has 0 spiro atoms. The molecule has 1 nitrogen and oxygen atoms in total. The van der Waals surface area contributed by atoms with Crippen molar-refractivity contribution in [2.45, 2.75) is 6.92 Å². The predicted octanol–water partition coefficient (Wildman–Crippen LogP) is 5.25. The van der Waals surface area contributed by atoms with Crippen molar-refractivity contribution in [1.82, 2.24) is 0 Å². The molecule has 0 saturated carbocycles. The van der Waals surface area contributed by atoms with Gasteiger partial charge in [0.25, 0.3) is 0 Å². The molecular formula is C31H22OSi. The topological polar surface area (TPSA) is 13.1 Å². The lowest BCUT2D eigenvalue weighted by Gasteiger charge is -2.31. The summed E-state index contributed by atoms with van der Waals surface area (Å²) in [5.74, 6) is 0. The Morgan fingerprint density at radius 2 is 1.15 bits per heavy atom. The van der Waals surface area contributed by atoms with Crippen molar-refractivity contribution in [2.75, 3.05) is 0 Å². The molecule has 5 aromatic carbocycles. The van der Waals surface area contributed by atoms with Crippen LogP contribution in [0, 0.1) is 6.92 Å². The van der Waals surface area contributed by atoms with Crippen LogP contribution in [-0.4, -0.2) is 8.07 Å². The Labute approximate surface area is 194 Å². The second-order valence-electron chi connectivity index (χ2n) is 9.02. The zero-order chi connectivity index (χ0) is 22.0. The molecule has 0 N–H and O–H groups in total. The van der Waals surface area contributed by atoms with Crippen LogP contribution in [0.3, 0.4) is 0 Å². The standard InChI is InChI=1S/C31H22OSi/c1-21-16-17-24-26-19-27-25-14-8-9-15-30(25)33(22-10-4-2-5-11-22,23-12-6-3-7-13-23)31(27)20-29(26)32-28(24)18-21/h2-20H,1H3. The van der Waals surface area contributed by atoms with Gasteiger partial charge in [-0.1, -0.05) is 97.1 Å². The lowest BCUT2D eigenvalue weighted by molar-refractivity contribution is 0.669. The molecule has 0 unspecified atom stereocenters. The minimum Gasteiger partial charge on any atom is -0.456 e. The number of hydrogen-bond donors (Lipinski definition) is 0. The summed E-state index contributed by atoms with van der Waals surface area (Å²) in [6.07, 6.45) is 0. The van der Waals surface area contributed by atoms with E-state index < -0.39 is 8.07 Å². The first kappa shape index (κ1) is 18.7. The van der Waals surface area contributed by atoms with Crippen molar-refractivity contribution in [3.05, 3.63) is 121 Å². The van der Waals surface area contributed by atoms with Crippen molar-refractivity contribution in [3.8, 4) is 11.1 Å². The van der Waals surface area contributed by atoms with Gasteiger partial charge >= 0.3 is 0 Å². The normalized spacial score (nSPS) is 13.8. The van der Waals surface area contributed by atoms with E-state index in [0.29, 0.717) is 0 Å². The van der Waals surface area contributed by atoms with Gasteiger partial charge in [0, 0.05) is 10.8 Å². The minimum absolute atomic E-state index is 0.966. The van der Waals surface area contributed by atoms with Crippen LogP contribution < -0.4 is 20.7 Å². The fourth-order valence-corrected chi connectivity index (χ4v) is 11.0. The highest BCUT2D eigenvalue weighted by Gasteiger charge is 2.48. The fourth-order valence-electron chi connectivity index (χ4n) is 5.82. The third-order valence-electron chi connectivity index (χ3n) is 7.21. The molecule has 1 aromatic heterocycles. The summed E-state index contributed by atoms with van der Waals surface area (Å²) in [7, 11) is -2.46. The molecule has 1 aliphatic heterocycles. The maximum absolute atomic E-state index is 6.44. The monoisotopic (exact) mass is 438 g/mol. The van der Waals surface area contributed by atoms with E-state index >= 15 is 0 Å². The van der Waals surface area contributed by atoms with Crippen LogP contribution >= 0.6 is 0 Å². The van der Waals surface area contributed by atoms with E-state index in [1.807, 2.05) is 0 Å². The first-order chi connectivity index (χ1) is 16.3. The molecule has 2 heterocycles. The van der Waals surface area contributed by atoms with Crippen molar-refractivity contribution in [2.24, 2.45) is 0 Å². The Bertz CT molecular complexity index is 1620. The zero-order valence-electron chi connectivity index (χ0n) is 18.4. The molecule has 0 aliphatic carbocycles. The van der Waals surface area contributed by atoms with Gasteiger partial charge in [-0.05, 0) is 62.6 Å². The van der Waals surface area contributed by atoms with Crippen LogP contribution in [0.1, 0.15) is 5.56 Å². The van der Waals surface area contributed by atoms with E-state index in [1.165, 1.54) is 48.2 Å². The van der Waals surface area contributed by atoms with Crippen LogP contribution in [-0.2, 0) is 0 Å². The second-order valence-corrected chi connectivity index (χ2v) is 12.8. The highest BCUT2D eigenvalue weighted by atomic mass is 28.3. The predicted molar refractivity (Wildman–Crippen MR) is 141 cm³/mol. The first-order valence-corrected chi connectivity index (χ1v) is 13.4. The third kappa shape index (κ3) is 2.47. The Morgan fingerprint density at radius 1 is 0.515 bits per heavy atom. The van der Waals surface area contributed by atoms with Crippen molar-refractivity contribution in [1.29, 1.82) is 0 Å². The first-order valence-electron chi connectivity index (χ1n) is 11.4. The maximum Gasteiger partial charge on any atom is 0.181 e. The Kier molecular flexibility index (Phi) is 3.85. The molecule has 0 saturated heterocycles. The zero-order valence-corrected chi connectivity index (χ0v) is 19.4. The van der Waals surface area contributed by atoms with Gasteiger partial charge in [-0.3, -0.25) is 0 Å². The van der Waals surface area contributed by atoms with Gasteiger partial charge in [-0.25, -0.2) is 0 Å². The summed E-state index contributed by atoms with van der Waals surface area (Å²) in [6.45, 7) is 2.12. The molecule has 7 rings (SSSR count). The summed E-state index contributed by atoms with van der Waals surface area (Å²) in [4.78, 5) is 0. The molecule has 2 heteroatoms. The average Bonchev–Trinajstić information content (AvgIpc) is 3.36. The molecule has 0 amide bonds. The number of rotatable bonds is 2. The van der Waals surface area contributed by atoms with Crippen LogP contribution in [0.4, 0.5) is 0 Å². The number of hydrogen-bond acceptors (Lipinski definition) is 1. The maximum atomic E-state index is 6.44. The number of benzene rings is 5. The summed E-state index contributed by atoms with van der Waals surface area (Å²) < 4.78 is 6.44. The average molecular weight is 439 g/mol. The van der Waals surface area contributed by atoms with E-state index in [1.54, 1.807) is 0 Å². The number of furan rings is 1. The van der Waals surface area contributed by atoms with E-state index in [9.17, 15) is 0 Å². The van der Waals surface area contributed by atoms with Gasteiger partial charge in [0.05, 0.1) is 0 Å². The van der Waals surface area contributed by atoms with Gasteiger partial charge in [0.15, 0.2) is 8.07 Å². The van der Waals surface area contributed by atoms with E-state index in [4.69, 9.17) is 4.42 Å². The van der Waals surface area contributed by atoms with Gasteiger partial charge in [0.1, 0.15) is 11.2 Å². The van der Waals surface area contributed by atoms with Gasteiger partial charge in [-0.15, -0.1) is 0 Å². The quantitative estimate of drug-likeness (QED) is 0.336. The highest BCUT2D eigenvalue weighted by molar-refractivity contribution is 7.22. The molecule has 0 atom stereocenters. The molecule has 33 heavy (non-hydrogen) atoms. The summed E-state index contributed by atoms with van der Waals surface area (Å²) >= 11 is 0. The number of aryl methyl sites for hydroxylation is 1. The second kappa shape index (κ2) is 6.81. The van der Waals surface area contributed by atoms with Gasteiger partial charge < -0.3 is 4.42 Å². The molecular weight excluding hydrogens is 416 g/mol. The Morgan fingerprint density at radius 3 is 1.88 bits per heavy atom. The van der Waals surface area contributed by atoms with Crippen LogP contribution in [0.2, 0.25) is 0 Å². The third-order valence-corrected chi connectivity index (χ3v) is 12.1. The smallest absolute Gasteiger partial charge is 0.181 e. The van der Waals surface area contributed by atoms with Crippen LogP contribution in [0.25, 0.3) is 33.1 Å². The van der Waals surface area contributed by atoms with Crippen molar-refractivity contribution in [3.63, 3.8) is 0 Å². The Balaban J connectivity index is 1.67. The molecule has 156 valence electrons. The van der Waals surface area contributed by atoms with E-state index in [2.05, 4.69) is 122 Å². The molecule has 1 aliphatic rings. The SMILES string of the molecule is Cc1ccc2c(c1)oc1cc3c(cc12)-c1ccccc1[Si]3(c1ccccc1)c1ccccc1. The summed E-state index contributed by atoms with van der Waals surface area (Å²) in [6, 6.07) is 42.5. The van der Waals surface area contributed by atoms with E-state index in [-0.39, 0.29) is 0 Å². The minimum atomic E-state index is -2.46. The van der Waals surface area contributed by atoms with Crippen LogP contribution in [0.15, 0.2) is 120 Å². The van der Waals surface area contributed by atoms with Crippen LogP contribution in [0.5, 0.6) is 0 Å². The lowest BCUT2D eigenvalue weighted by atomic mass is 10.0. The fraction of sp³-hybridized carbons (Fsp3) is 0.0323. The summed E-state index contributed by atoms with van der Waals surface area (Å²) in [5.41, 5.74) is 5.87. The van der Waals surface area contributed by atoms with Crippen molar-refractivity contribution >= 4 is 50.8 Å². The van der Waals surface area contributed by atoms with Gasteiger partial charge in [-0.2, -0.15) is 0 Å². The van der Waals surface area contributed by atoms with Gasteiger partial charge in [0.2, 0.25) is 0 Å². The number of fused-ring (bicyclic) bond motifs is 6.